The third kappa shape index (κ3) is 5.10. The SMILES string of the molecule is Cc1ncccc1-c1ccc(-c2cc3cnc(Nc4ccc(C5CCN(C)CC5)cc4)nc3n(C)c2=O)c(Cl)c1. The average Bonchev–Trinajstić information content (AvgIpc) is 2.96. The molecule has 1 N–H and O–H groups in total. The van der Waals surface area contributed by atoms with E-state index in [-0.39, 0.29) is 5.56 Å². The summed E-state index contributed by atoms with van der Waals surface area (Å²) in [6.45, 7) is 4.24. The van der Waals surface area contributed by atoms with Crippen LogP contribution in [0.1, 0.15) is 30.0 Å². The summed E-state index contributed by atoms with van der Waals surface area (Å²) in [6, 6.07) is 20.0. The largest absolute Gasteiger partial charge is 0.324 e. The zero-order valence-electron chi connectivity index (χ0n) is 22.9. The first-order valence-corrected chi connectivity index (χ1v) is 13.9. The van der Waals surface area contributed by atoms with E-state index in [4.69, 9.17) is 11.6 Å². The molecule has 0 spiro atoms. The number of hydrogen-bond donors (Lipinski definition) is 1. The summed E-state index contributed by atoms with van der Waals surface area (Å²) < 4.78 is 1.55. The van der Waals surface area contributed by atoms with Crippen LogP contribution in [-0.2, 0) is 7.05 Å². The summed E-state index contributed by atoms with van der Waals surface area (Å²) in [7, 11) is 3.91. The number of pyridine rings is 2. The van der Waals surface area contributed by atoms with E-state index in [2.05, 4.69) is 56.5 Å². The number of hydrogen-bond acceptors (Lipinski definition) is 6. The number of nitrogens with one attached hydrogen (secondary N) is 1. The van der Waals surface area contributed by atoms with Gasteiger partial charge in [-0.05, 0) is 87.3 Å². The van der Waals surface area contributed by atoms with E-state index in [0.717, 1.165) is 41.0 Å². The summed E-state index contributed by atoms with van der Waals surface area (Å²) in [5.41, 5.74) is 6.71. The van der Waals surface area contributed by atoms with Gasteiger partial charge in [-0.3, -0.25) is 14.3 Å². The summed E-state index contributed by atoms with van der Waals surface area (Å²) >= 11 is 6.71. The summed E-state index contributed by atoms with van der Waals surface area (Å²) in [5.74, 6) is 1.05. The molecule has 1 aliphatic heterocycles. The Bertz CT molecular complexity index is 1760. The number of aryl methyl sites for hydroxylation is 2. The van der Waals surface area contributed by atoms with Crippen LogP contribution in [-0.4, -0.2) is 44.6 Å². The van der Waals surface area contributed by atoms with Gasteiger partial charge in [0.1, 0.15) is 5.65 Å². The van der Waals surface area contributed by atoms with Crippen LogP contribution in [0.5, 0.6) is 0 Å². The zero-order valence-corrected chi connectivity index (χ0v) is 23.6. The van der Waals surface area contributed by atoms with Gasteiger partial charge in [-0.1, -0.05) is 41.9 Å². The lowest BCUT2D eigenvalue weighted by atomic mass is 9.89. The van der Waals surface area contributed by atoms with Gasteiger partial charge in [0.2, 0.25) is 5.95 Å². The van der Waals surface area contributed by atoms with Crippen LogP contribution < -0.4 is 10.9 Å². The smallest absolute Gasteiger partial charge is 0.259 e. The molecule has 1 fully saturated rings. The molecular formula is C32H31ClN6O. The highest BCUT2D eigenvalue weighted by Gasteiger charge is 2.18. The van der Waals surface area contributed by atoms with Crippen LogP contribution in [0.15, 0.2) is 77.9 Å². The third-order valence-electron chi connectivity index (χ3n) is 7.88. The Kier molecular flexibility index (Phi) is 7.09. The summed E-state index contributed by atoms with van der Waals surface area (Å²) in [4.78, 5) is 29.4. The molecule has 0 amide bonds. The zero-order chi connectivity index (χ0) is 27.8. The van der Waals surface area contributed by atoms with E-state index in [1.165, 1.54) is 18.4 Å². The highest BCUT2D eigenvalue weighted by molar-refractivity contribution is 6.33. The second kappa shape index (κ2) is 10.8. The van der Waals surface area contributed by atoms with Gasteiger partial charge < -0.3 is 10.2 Å². The normalized spacial score (nSPS) is 14.5. The summed E-state index contributed by atoms with van der Waals surface area (Å²) in [5, 5.41) is 4.54. The van der Waals surface area contributed by atoms with E-state index in [1.807, 2.05) is 43.3 Å². The van der Waals surface area contributed by atoms with Crippen LogP contribution in [0.25, 0.3) is 33.3 Å². The molecule has 8 heteroatoms. The minimum absolute atomic E-state index is 0.174. The lowest BCUT2D eigenvalue weighted by molar-refractivity contribution is 0.255. The lowest BCUT2D eigenvalue weighted by Crippen LogP contribution is -2.29. The molecule has 0 unspecified atom stereocenters. The number of rotatable bonds is 5. The molecule has 0 atom stereocenters. The predicted molar refractivity (Wildman–Crippen MR) is 162 cm³/mol. The van der Waals surface area contributed by atoms with Gasteiger partial charge in [0.15, 0.2) is 0 Å². The Morgan fingerprint density at radius 3 is 2.42 bits per heavy atom. The molecule has 7 nitrogen and oxygen atoms in total. The van der Waals surface area contributed by atoms with Crippen molar-refractivity contribution >= 4 is 34.3 Å². The Labute approximate surface area is 238 Å². The van der Waals surface area contributed by atoms with Gasteiger partial charge in [0.05, 0.1) is 0 Å². The van der Waals surface area contributed by atoms with Crippen molar-refractivity contribution in [1.29, 1.82) is 0 Å². The van der Waals surface area contributed by atoms with Crippen LogP contribution in [0.3, 0.4) is 0 Å². The molecule has 3 aromatic heterocycles. The van der Waals surface area contributed by atoms with Crippen molar-refractivity contribution in [1.82, 2.24) is 24.4 Å². The Balaban J connectivity index is 1.26. The quantitative estimate of drug-likeness (QED) is 0.267. The van der Waals surface area contributed by atoms with E-state index in [0.29, 0.717) is 33.7 Å². The molecule has 0 saturated carbocycles. The van der Waals surface area contributed by atoms with Crippen molar-refractivity contribution in [3.63, 3.8) is 0 Å². The van der Waals surface area contributed by atoms with Gasteiger partial charge in [-0.2, -0.15) is 4.98 Å². The molecule has 2 aromatic carbocycles. The van der Waals surface area contributed by atoms with Gasteiger partial charge in [0, 0.05) is 57.9 Å². The maximum atomic E-state index is 13.4. The number of piperidine rings is 1. The van der Waals surface area contributed by atoms with Crippen LogP contribution in [0.2, 0.25) is 5.02 Å². The number of halogens is 1. The fourth-order valence-electron chi connectivity index (χ4n) is 5.50. The highest BCUT2D eigenvalue weighted by Crippen LogP contribution is 2.33. The number of anilines is 2. The van der Waals surface area contributed by atoms with Crippen molar-refractivity contribution in [3.05, 3.63) is 99.7 Å². The highest BCUT2D eigenvalue weighted by atomic mass is 35.5. The molecule has 1 aliphatic rings. The Morgan fingerprint density at radius 1 is 0.925 bits per heavy atom. The molecule has 6 rings (SSSR count). The van der Waals surface area contributed by atoms with E-state index in [1.54, 1.807) is 24.0 Å². The lowest BCUT2D eigenvalue weighted by Gasteiger charge is -2.29. The number of nitrogens with zero attached hydrogens (tertiary/aromatic N) is 5. The maximum absolute atomic E-state index is 13.4. The van der Waals surface area contributed by atoms with Crippen molar-refractivity contribution in [2.45, 2.75) is 25.7 Å². The fraction of sp³-hybridized carbons (Fsp3) is 0.250. The second-order valence-electron chi connectivity index (χ2n) is 10.6. The molecule has 40 heavy (non-hydrogen) atoms. The number of benzene rings is 2. The van der Waals surface area contributed by atoms with E-state index < -0.39 is 0 Å². The monoisotopic (exact) mass is 550 g/mol. The Morgan fingerprint density at radius 2 is 1.70 bits per heavy atom. The van der Waals surface area contributed by atoms with Crippen LogP contribution in [0, 0.1) is 6.92 Å². The number of aromatic nitrogens is 4. The minimum atomic E-state index is -0.174. The van der Waals surface area contributed by atoms with Crippen molar-refractivity contribution < 1.29 is 0 Å². The first-order valence-electron chi connectivity index (χ1n) is 13.5. The number of fused-ring (bicyclic) bond motifs is 1. The first kappa shape index (κ1) is 26.2. The predicted octanol–water partition coefficient (Wildman–Crippen LogP) is 6.57. The molecule has 0 radical (unpaired) electrons. The van der Waals surface area contributed by atoms with Crippen LogP contribution in [0.4, 0.5) is 11.6 Å². The van der Waals surface area contributed by atoms with Crippen LogP contribution >= 0.6 is 11.6 Å². The Hall–Kier alpha value is -4.07. The van der Waals surface area contributed by atoms with Crippen molar-refractivity contribution in [2.24, 2.45) is 7.05 Å². The van der Waals surface area contributed by atoms with E-state index in [9.17, 15) is 4.79 Å². The van der Waals surface area contributed by atoms with Gasteiger partial charge in [-0.15, -0.1) is 0 Å². The molecular weight excluding hydrogens is 520 g/mol. The molecule has 4 heterocycles. The number of likely N-dealkylation sites (tertiary alicyclic amines) is 1. The van der Waals surface area contributed by atoms with Crippen molar-refractivity contribution in [2.75, 3.05) is 25.5 Å². The van der Waals surface area contributed by atoms with E-state index >= 15 is 0 Å². The van der Waals surface area contributed by atoms with Crippen molar-refractivity contribution in [3.8, 4) is 22.3 Å². The van der Waals surface area contributed by atoms with Gasteiger partial charge in [-0.25, -0.2) is 4.98 Å². The molecule has 0 bridgehead atoms. The van der Waals surface area contributed by atoms with Gasteiger partial charge >= 0.3 is 0 Å². The average molecular weight is 551 g/mol. The van der Waals surface area contributed by atoms with Gasteiger partial charge in [0.25, 0.3) is 5.56 Å². The minimum Gasteiger partial charge on any atom is -0.324 e. The molecule has 5 aromatic rings. The summed E-state index contributed by atoms with van der Waals surface area (Å²) in [6.07, 6.45) is 5.88. The molecule has 0 aliphatic carbocycles. The first-order chi connectivity index (χ1) is 19.4. The molecule has 1 saturated heterocycles. The third-order valence-corrected chi connectivity index (χ3v) is 8.20. The topological polar surface area (TPSA) is 75.9 Å². The second-order valence-corrected chi connectivity index (χ2v) is 11.0. The fourth-order valence-corrected chi connectivity index (χ4v) is 5.78. The molecule has 202 valence electrons. The standard InChI is InChI=1S/C32H31ClN6O/c1-20-26(5-4-14-34-20)23-8-11-27(29(33)18-23)28-17-24-19-35-32(37-30(24)39(3)31(28)40)36-25-9-6-21(7-10-25)22-12-15-38(2)16-13-22/h4-11,14,17-19,22H,12-13,15-16H2,1-3H3,(H,35,36,37). The maximum Gasteiger partial charge on any atom is 0.259 e.